The van der Waals surface area contributed by atoms with Crippen molar-refractivity contribution in [3.05, 3.63) is 108 Å². The number of rotatable bonds is 9. The van der Waals surface area contributed by atoms with E-state index < -0.39 is 0 Å². The lowest BCUT2D eigenvalue weighted by Gasteiger charge is -2.09. The minimum Gasteiger partial charge on any atom is -0.497 e. The van der Waals surface area contributed by atoms with Crippen molar-refractivity contribution >= 4 is 11.6 Å². The molecule has 0 aliphatic carbocycles. The Morgan fingerprint density at radius 1 is 1.00 bits per heavy atom. The fourth-order valence-corrected chi connectivity index (χ4v) is 3.78. The Kier molecular flexibility index (Phi) is 6.98. The van der Waals surface area contributed by atoms with Crippen molar-refractivity contribution in [1.29, 1.82) is 0 Å². The molecular weight excluding hydrogens is 468 g/mol. The number of aryl methyl sites for hydroxylation is 1. The molecule has 3 aromatic carbocycles. The van der Waals surface area contributed by atoms with Crippen molar-refractivity contribution in [1.82, 2.24) is 14.8 Å². The minimum absolute atomic E-state index is 0.190. The Morgan fingerprint density at radius 3 is 2.54 bits per heavy atom. The first-order chi connectivity index (χ1) is 18.1. The van der Waals surface area contributed by atoms with Crippen molar-refractivity contribution in [3.8, 4) is 29.0 Å². The molecule has 0 saturated heterocycles. The van der Waals surface area contributed by atoms with Crippen LogP contribution in [0.15, 0.2) is 95.6 Å². The Labute approximate surface area is 214 Å². The molecule has 1 amide bonds. The van der Waals surface area contributed by atoms with Crippen molar-refractivity contribution in [2.45, 2.75) is 13.3 Å². The second-order valence-corrected chi connectivity index (χ2v) is 8.42. The molecule has 0 bridgehead atoms. The van der Waals surface area contributed by atoms with Gasteiger partial charge in [-0.1, -0.05) is 35.9 Å². The predicted octanol–water partition coefficient (Wildman–Crippen LogP) is 5.72. The molecule has 0 atom stereocenters. The summed E-state index contributed by atoms with van der Waals surface area (Å²) < 4.78 is 18.3. The highest BCUT2D eigenvalue weighted by Crippen LogP contribution is 2.25. The van der Waals surface area contributed by atoms with Crippen LogP contribution in [-0.2, 0) is 6.42 Å². The molecule has 37 heavy (non-hydrogen) atoms. The molecule has 2 heterocycles. The van der Waals surface area contributed by atoms with Crippen molar-refractivity contribution < 1.29 is 18.7 Å². The Morgan fingerprint density at radius 2 is 1.81 bits per heavy atom. The number of furan rings is 1. The Bertz CT molecular complexity index is 1470. The van der Waals surface area contributed by atoms with Crippen LogP contribution in [0.4, 0.5) is 5.69 Å². The van der Waals surface area contributed by atoms with Gasteiger partial charge in [0.25, 0.3) is 5.91 Å². The summed E-state index contributed by atoms with van der Waals surface area (Å²) in [7, 11) is 1.64. The van der Waals surface area contributed by atoms with Gasteiger partial charge in [-0.05, 0) is 67.1 Å². The normalized spacial score (nSPS) is 10.8. The van der Waals surface area contributed by atoms with Gasteiger partial charge in [0, 0.05) is 17.7 Å². The molecule has 5 rings (SSSR count). The van der Waals surface area contributed by atoms with Crippen LogP contribution < -0.4 is 14.8 Å². The maximum absolute atomic E-state index is 12.7. The molecule has 0 spiro atoms. The Balaban J connectivity index is 1.35. The zero-order chi connectivity index (χ0) is 25.6. The van der Waals surface area contributed by atoms with E-state index in [1.54, 1.807) is 36.3 Å². The van der Waals surface area contributed by atoms with E-state index in [-0.39, 0.29) is 11.9 Å². The number of nitrogens with zero attached hydrogens (tertiary/aromatic N) is 3. The van der Waals surface area contributed by atoms with Gasteiger partial charge in [0.2, 0.25) is 5.82 Å². The van der Waals surface area contributed by atoms with Crippen LogP contribution in [0.25, 0.3) is 17.3 Å². The SMILES string of the molecule is COc1ccc(CCOc2nc(-c3ccco3)n(-c3cccc(NC(=O)c4ccc(C)cc4)c3)n2)cc1. The van der Waals surface area contributed by atoms with Gasteiger partial charge >= 0.3 is 6.01 Å². The second kappa shape index (κ2) is 10.8. The quantitative estimate of drug-likeness (QED) is 0.282. The summed E-state index contributed by atoms with van der Waals surface area (Å²) in [5.41, 5.74) is 4.12. The highest BCUT2D eigenvalue weighted by Gasteiger charge is 2.17. The number of nitrogens with one attached hydrogen (secondary N) is 1. The minimum atomic E-state index is -0.190. The molecule has 5 aromatic rings. The zero-order valence-electron chi connectivity index (χ0n) is 20.5. The van der Waals surface area contributed by atoms with E-state index in [0.717, 1.165) is 16.9 Å². The van der Waals surface area contributed by atoms with Gasteiger partial charge in [0.15, 0.2) is 5.76 Å². The summed E-state index contributed by atoms with van der Waals surface area (Å²) in [6.07, 6.45) is 2.27. The highest BCUT2D eigenvalue weighted by atomic mass is 16.5. The third kappa shape index (κ3) is 5.70. The molecule has 0 saturated carbocycles. The fraction of sp³-hybridized carbons (Fsp3) is 0.138. The van der Waals surface area contributed by atoms with Crippen molar-refractivity contribution in [2.75, 3.05) is 19.0 Å². The summed E-state index contributed by atoms with van der Waals surface area (Å²) in [6, 6.07) is 26.5. The summed E-state index contributed by atoms with van der Waals surface area (Å²) in [5, 5.41) is 7.52. The number of hydrogen-bond acceptors (Lipinski definition) is 6. The van der Waals surface area contributed by atoms with Crippen LogP contribution in [0.3, 0.4) is 0 Å². The highest BCUT2D eigenvalue weighted by molar-refractivity contribution is 6.04. The Hall–Kier alpha value is -4.85. The summed E-state index contributed by atoms with van der Waals surface area (Å²) in [6.45, 7) is 2.39. The van der Waals surface area contributed by atoms with Gasteiger partial charge in [0.1, 0.15) is 5.75 Å². The number of anilines is 1. The third-order valence-electron chi connectivity index (χ3n) is 5.77. The molecule has 0 unspecified atom stereocenters. The topological polar surface area (TPSA) is 91.4 Å². The first-order valence-electron chi connectivity index (χ1n) is 11.8. The van der Waals surface area contributed by atoms with E-state index in [1.807, 2.05) is 73.7 Å². The maximum Gasteiger partial charge on any atom is 0.336 e. The predicted molar refractivity (Wildman–Crippen MR) is 140 cm³/mol. The van der Waals surface area contributed by atoms with Crippen LogP contribution in [-0.4, -0.2) is 34.4 Å². The van der Waals surface area contributed by atoms with Crippen molar-refractivity contribution in [2.24, 2.45) is 0 Å². The molecule has 0 aliphatic heterocycles. The summed E-state index contributed by atoms with van der Waals surface area (Å²) in [4.78, 5) is 17.3. The van der Waals surface area contributed by atoms with Crippen molar-refractivity contribution in [3.63, 3.8) is 0 Å². The number of aromatic nitrogens is 3. The maximum atomic E-state index is 12.7. The van der Waals surface area contributed by atoms with E-state index >= 15 is 0 Å². The average Bonchev–Trinajstić information content (AvgIpc) is 3.60. The van der Waals surface area contributed by atoms with Gasteiger partial charge in [-0.25, -0.2) is 4.68 Å². The van der Waals surface area contributed by atoms with Gasteiger partial charge in [-0.2, -0.15) is 4.98 Å². The number of carbonyl (C=O) groups excluding carboxylic acids is 1. The van der Waals surface area contributed by atoms with Gasteiger partial charge in [-0.3, -0.25) is 4.79 Å². The van der Waals surface area contributed by atoms with E-state index in [0.29, 0.717) is 41.6 Å². The number of amides is 1. The first-order valence-corrected chi connectivity index (χ1v) is 11.8. The van der Waals surface area contributed by atoms with Gasteiger partial charge < -0.3 is 19.2 Å². The van der Waals surface area contributed by atoms with Crippen LogP contribution in [0.1, 0.15) is 21.5 Å². The molecule has 0 fully saturated rings. The summed E-state index contributed by atoms with van der Waals surface area (Å²) >= 11 is 0. The van der Waals surface area contributed by atoms with Crippen LogP contribution in [0.5, 0.6) is 11.8 Å². The molecule has 8 heteroatoms. The van der Waals surface area contributed by atoms with E-state index in [2.05, 4.69) is 15.4 Å². The smallest absolute Gasteiger partial charge is 0.336 e. The molecule has 8 nitrogen and oxygen atoms in total. The van der Waals surface area contributed by atoms with Gasteiger partial charge in [0.05, 0.1) is 25.7 Å². The van der Waals surface area contributed by atoms with Crippen LogP contribution in [0.2, 0.25) is 0 Å². The summed E-state index contributed by atoms with van der Waals surface area (Å²) in [5.74, 6) is 1.66. The molecule has 1 N–H and O–H groups in total. The monoisotopic (exact) mass is 494 g/mol. The first kappa shape index (κ1) is 23.9. The van der Waals surface area contributed by atoms with Crippen LogP contribution >= 0.6 is 0 Å². The lowest BCUT2D eigenvalue weighted by atomic mass is 10.1. The van der Waals surface area contributed by atoms with Crippen LogP contribution in [0, 0.1) is 6.92 Å². The van der Waals surface area contributed by atoms with Gasteiger partial charge in [-0.15, -0.1) is 5.10 Å². The largest absolute Gasteiger partial charge is 0.497 e. The van der Waals surface area contributed by atoms with E-state index in [4.69, 9.17) is 13.9 Å². The lowest BCUT2D eigenvalue weighted by Crippen LogP contribution is -2.12. The second-order valence-electron chi connectivity index (χ2n) is 8.42. The molecular formula is C29H26N4O4. The number of hydrogen-bond donors (Lipinski definition) is 1. The zero-order valence-corrected chi connectivity index (χ0v) is 20.5. The molecule has 0 radical (unpaired) electrons. The average molecular weight is 495 g/mol. The standard InChI is InChI=1S/C29H26N4O4/c1-20-8-12-22(13-9-20)28(34)30-23-5-3-6-24(19-23)33-27(26-7-4-17-36-26)31-29(32-33)37-18-16-21-10-14-25(35-2)15-11-21/h3-15,17,19H,16,18H2,1-2H3,(H,30,34). The van der Waals surface area contributed by atoms with E-state index in [9.17, 15) is 4.79 Å². The number of ether oxygens (including phenoxy) is 2. The van der Waals surface area contributed by atoms with E-state index in [1.165, 1.54) is 0 Å². The molecule has 2 aromatic heterocycles. The lowest BCUT2D eigenvalue weighted by molar-refractivity contribution is 0.102. The number of carbonyl (C=O) groups is 1. The molecule has 186 valence electrons. The number of benzene rings is 3. The fourth-order valence-electron chi connectivity index (χ4n) is 3.78. The third-order valence-corrected chi connectivity index (χ3v) is 5.77. The molecule has 0 aliphatic rings. The number of methoxy groups -OCH3 is 1.